The van der Waals surface area contributed by atoms with Crippen molar-refractivity contribution in [3.8, 4) is 33.9 Å². The largest absolute Gasteiger partial charge is 0.462 e. The molecule has 2 saturated carbocycles. The van der Waals surface area contributed by atoms with Crippen molar-refractivity contribution >= 4 is 29.4 Å². The third-order valence-electron chi connectivity index (χ3n) is 11.6. The maximum absolute atomic E-state index is 12.8. The molecule has 0 atom stereocenters. The van der Waals surface area contributed by atoms with Crippen LogP contribution in [0, 0.1) is 0 Å². The van der Waals surface area contributed by atoms with Crippen molar-refractivity contribution in [1.82, 2.24) is 35.6 Å². The first-order valence-corrected chi connectivity index (χ1v) is 18.5. The van der Waals surface area contributed by atoms with Crippen LogP contribution >= 0.6 is 11.6 Å². The Bertz CT molecular complexity index is 2380. The predicted molar refractivity (Wildman–Crippen MR) is 193 cm³/mol. The molecule has 11 nitrogen and oxygen atoms in total. The van der Waals surface area contributed by atoms with Crippen LogP contribution in [0.1, 0.15) is 97.3 Å². The van der Waals surface area contributed by atoms with E-state index in [0.717, 1.165) is 137 Å². The van der Waals surface area contributed by atoms with Gasteiger partial charge in [-0.25, -0.2) is 14.8 Å². The van der Waals surface area contributed by atoms with Gasteiger partial charge in [0.1, 0.15) is 0 Å². The van der Waals surface area contributed by atoms with E-state index in [1.165, 1.54) is 5.56 Å². The van der Waals surface area contributed by atoms with Gasteiger partial charge in [-0.3, -0.25) is 14.6 Å². The summed E-state index contributed by atoms with van der Waals surface area (Å²) >= 11 is 5.94. The summed E-state index contributed by atoms with van der Waals surface area (Å²) in [6.07, 6.45) is 13.2. The molecule has 0 saturated heterocycles. The summed E-state index contributed by atoms with van der Waals surface area (Å²) in [5.41, 5.74) is 14.4. The molecule has 5 aromatic rings. The van der Waals surface area contributed by atoms with Crippen LogP contribution in [0.4, 0.5) is 0 Å². The van der Waals surface area contributed by atoms with E-state index in [-0.39, 0.29) is 34.1 Å². The van der Waals surface area contributed by atoms with Gasteiger partial charge in [-0.1, -0.05) is 12.1 Å². The minimum absolute atomic E-state index is 0.0166. The molecule has 2 spiro atoms. The number of aromatic nitrogens is 5. The van der Waals surface area contributed by atoms with Crippen LogP contribution in [0.2, 0.25) is 5.28 Å². The lowest BCUT2D eigenvalue weighted by Gasteiger charge is -2.24. The molecule has 2 fully saturated rings. The molecule has 52 heavy (non-hydrogen) atoms. The lowest BCUT2D eigenvalue weighted by atomic mass is 9.87. The third kappa shape index (κ3) is 5.08. The highest BCUT2D eigenvalue weighted by atomic mass is 35.5. The number of carbonyl (C=O) groups is 3. The van der Waals surface area contributed by atoms with Crippen molar-refractivity contribution in [2.45, 2.75) is 82.2 Å². The van der Waals surface area contributed by atoms with Crippen LogP contribution in [0.15, 0.2) is 42.7 Å². The number of fused-ring (bicyclic) bond motifs is 10. The molecule has 11 rings (SSSR count). The number of halogens is 1. The zero-order valence-corrected chi connectivity index (χ0v) is 29.4. The van der Waals surface area contributed by atoms with Crippen molar-refractivity contribution in [2.24, 2.45) is 0 Å². The second-order valence-corrected chi connectivity index (χ2v) is 15.4. The Morgan fingerprint density at radius 1 is 0.827 bits per heavy atom. The molecule has 262 valence electrons. The Hall–Kier alpha value is -5.29. The molecular weight excluding hydrogens is 678 g/mol. The summed E-state index contributed by atoms with van der Waals surface area (Å²) in [7, 11) is 0. The molecule has 4 N–H and O–H groups in total. The number of amides is 2. The van der Waals surface area contributed by atoms with E-state index in [2.05, 4.69) is 41.6 Å². The molecule has 2 amide bonds. The van der Waals surface area contributed by atoms with Gasteiger partial charge in [0.2, 0.25) is 5.28 Å². The molecule has 12 heteroatoms. The minimum atomic E-state index is -0.332. The zero-order valence-electron chi connectivity index (χ0n) is 28.7. The Balaban J connectivity index is 0.000000140. The van der Waals surface area contributed by atoms with Gasteiger partial charge in [-0.2, -0.15) is 0 Å². The van der Waals surface area contributed by atoms with Gasteiger partial charge in [0.15, 0.2) is 0 Å². The number of carbonyl (C=O) groups excluding carboxylic acids is 3. The molecule has 2 aliphatic heterocycles. The standard InChI is InChI=1S/C25H23N3O3.C15H13ClN4O/c1-2-31-24(30)15-5-3-4-14(10-15)19-11-18-16(13-26-19)6-7-17-21-20(27-22(17)18)12-25(8-9-25)28-23(21)29;16-14-17-6-7-1-2-8-10-9(18-12(8)11(7)19-14)5-15(3-4-15)20-13(10)21/h3-5,10-11,13,27H,2,6-9,12H2,1H3,(H,28,29);6,18H,1-5H2,(H,20,21). The topological polar surface area (TPSA) is 155 Å². The van der Waals surface area contributed by atoms with Crippen LogP contribution in [0.5, 0.6) is 0 Å². The van der Waals surface area contributed by atoms with Crippen molar-refractivity contribution in [2.75, 3.05) is 6.61 Å². The smallest absolute Gasteiger partial charge is 0.338 e. The number of H-pyrrole nitrogens is 2. The van der Waals surface area contributed by atoms with Crippen LogP contribution in [-0.4, -0.2) is 60.4 Å². The van der Waals surface area contributed by atoms with E-state index >= 15 is 0 Å². The van der Waals surface area contributed by atoms with Crippen molar-refractivity contribution in [3.63, 3.8) is 0 Å². The molecule has 4 aliphatic carbocycles. The Kier molecular flexibility index (Phi) is 6.87. The van der Waals surface area contributed by atoms with E-state index in [9.17, 15) is 14.4 Å². The van der Waals surface area contributed by atoms with E-state index in [4.69, 9.17) is 16.3 Å². The number of nitrogens with one attached hydrogen (secondary N) is 4. The van der Waals surface area contributed by atoms with Crippen LogP contribution in [-0.2, 0) is 43.3 Å². The number of benzene rings is 1. The molecule has 0 unspecified atom stereocenters. The molecule has 6 heterocycles. The second kappa shape index (κ2) is 11.4. The van der Waals surface area contributed by atoms with E-state index < -0.39 is 0 Å². The number of esters is 1. The first-order valence-electron chi connectivity index (χ1n) is 18.1. The fourth-order valence-electron chi connectivity index (χ4n) is 8.61. The quantitative estimate of drug-likeness (QED) is 0.135. The molecule has 1 aromatic carbocycles. The van der Waals surface area contributed by atoms with E-state index in [0.29, 0.717) is 12.2 Å². The van der Waals surface area contributed by atoms with E-state index in [1.54, 1.807) is 19.2 Å². The van der Waals surface area contributed by atoms with Crippen molar-refractivity contribution in [1.29, 1.82) is 0 Å². The normalized spacial score (nSPS) is 18.7. The fraction of sp³-hybridized carbons (Fsp3) is 0.350. The maximum atomic E-state index is 12.8. The van der Waals surface area contributed by atoms with Crippen LogP contribution in [0.3, 0.4) is 0 Å². The Labute approximate surface area is 304 Å². The Morgan fingerprint density at radius 3 is 2.13 bits per heavy atom. The van der Waals surface area contributed by atoms with Crippen LogP contribution in [0.25, 0.3) is 33.9 Å². The van der Waals surface area contributed by atoms with Gasteiger partial charge < -0.3 is 25.3 Å². The summed E-state index contributed by atoms with van der Waals surface area (Å²) in [5.74, 6) is -0.201. The van der Waals surface area contributed by atoms with Gasteiger partial charge >= 0.3 is 5.97 Å². The number of hydrogen-bond donors (Lipinski definition) is 4. The van der Waals surface area contributed by atoms with Gasteiger partial charge in [-0.05, 0) is 110 Å². The second-order valence-electron chi connectivity index (χ2n) is 15.0. The summed E-state index contributed by atoms with van der Waals surface area (Å²) in [4.78, 5) is 57.6. The van der Waals surface area contributed by atoms with Gasteiger partial charge in [0.25, 0.3) is 11.8 Å². The number of pyridine rings is 1. The summed E-state index contributed by atoms with van der Waals surface area (Å²) in [6.45, 7) is 2.14. The van der Waals surface area contributed by atoms with Gasteiger partial charge in [-0.15, -0.1) is 0 Å². The lowest BCUT2D eigenvalue weighted by Crippen LogP contribution is -2.43. The van der Waals surface area contributed by atoms with Gasteiger partial charge in [0.05, 0.1) is 46.1 Å². The summed E-state index contributed by atoms with van der Waals surface area (Å²) in [6, 6.07) is 9.44. The lowest BCUT2D eigenvalue weighted by molar-refractivity contribution is 0.0526. The Morgan fingerprint density at radius 2 is 1.46 bits per heavy atom. The van der Waals surface area contributed by atoms with Crippen LogP contribution < -0.4 is 10.6 Å². The molecule has 6 aliphatic rings. The van der Waals surface area contributed by atoms with Crippen molar-refractivity contribution in [3.05, 3.63) is 98.3 Å². The molecule has 4 aromatic heterocycles. The highest BCUT2D eigenvalue weighted by molar-refractivity contribution is 6.28. The van der Waals surface area contributed by atoms with E-state index in [1.807, 2.05) is 24.4 Å². The molecule has 0 bridgehead atoms. The average Bonchev–Trinajstić information content (AvgIpc) is 3.98. The first kappa shape index (κ1) is 31.4. The molecule has 0 radical (unpaired) electrons. The predicted octanol–water partition coefficient (Wildman–Crippen LogP) is 5.88. The number of nitrogens with zero attached hydrogens (tertiary/aromatic N) is 3. The SMILES string of the molecule is CCOC(=O)c1cccc(-c2cc3c(cn2)CCc2c-3[nH]c3c2C(=O)NC2(CC2)C3)c1.O=C1NC2(CC2)Cc2[nH]c3c(c21)CCc1cnc(Cl)nc1-3. The minimum Gasteiger partial charge on any atom is -0.462 e. The average molecular weight is 714 g/mol. The fourth-order valence-corrected chi connectivity index (χ4v) is 8.75. The number of hydrogen-bond acceptors (Lipinski definition) is 7. The number of aryl methyl sites for hydroxylation is 2. The summed E-state index contributed by atoms with van der Waals surface area (Å²) in [5, 5.41) is 6.66. The monoisotopic (exact) mass is 713 g/mol. The van der Waals surface area contributed by atoms with Gasteiger partial charge in [0, 0.05) is 58.8 Å². The maximum Gasteiger partial charge on any atom is 0.338 e. The number of ether oxygens (including phenoxy) is 1. The first-order chi connectivity index (χ1) is 25.2. The number of rotatable bonds is 3. The molecular formula is C40H36ClN7O4. The van der Waals surface area contributed by atoms with Crippen molar-refractivity contribution < 1.29 is 19.1 Å². The zero-order chi connectivity index (χ0) is 35.4. The summed E-state index contributed by atoms with van der Waals surface area (Å²) < 4.78 is 5.13. The third-order valence-corrected chi connectivity index (χ3v) is 11.8. The highest BCUT2D eigenvalue weighted by Gasteiger charge is 2.50. The number of aromatic amines is 2. The highest BCUT2D eigenvalue weighted by Crippen LogP contribution is 2.47.